The highest BCUT2D eigenvalue weighted by molar-refractivity contribution is 5.85. The number of hydrogen-bond acceptors (Lipinski definition) is 4. The van der Waals surface area contributed by atoms with Gasteiger partial charge in [0.1, 0.15) is 5.76 Å². The quantitative estimate of drug-likeness (QED) is 0.564. The maximum atomic E-state index is 10.4. The maximum absolute atomic E-state index is 10.4. The molecule has 1 aromatic heterocycles. The number of furan rings is 1. The molecule has 5 heteroatoms. The van der Waals surface area contributed by atoms with Crippen molar-refractivity contribution in [3.8, 4) is 0 Å². The molecule has 1 heterocycles. The van der Waals surface area contributed by atoms with Crippen LogP contribution in [0.25, 0.3) is 0 Å². The van der Waals surface area contributed by atoms with Crippen LogP contribution in [0.1, 0.15) is 35.6 Å². The average Bonchev–Trinajstić information content (AvgIpc) is 2.66. The molecule has 92 valence electrons. The minimum absolute atomic E-state index is 0. The Kier molecular flexibility index (Phi) is 7.89. The zero-order valence-electron chi connectivity index (χ0n) is 9.22. The molecule has 0 saturated carbocycles. The minimum atomic E-state index is 0. The summed E-state index contributed by atoms with van der Waals surface area (Å²) in [6.07, 6.45) is 4.36. The van der Waals surface area contributed by atoms with Gasteiger partial charge in [0.05, 0.1) is 0 Å². The van der Waals surface area contributed by atoms with E-state index >= 15 is 0 Å². The number of aldehydes is 1. The maximum Gasteiger partial charge on any atom is 0.185 e. The second kappa shape index (κ2) is 8.33. The van der Waals surface area contributed by atoms with E-state index in [2.05, 4.69) is 0 Å². The van der Waals surface area contributed by atoms with Crippen molar-refractivity contribution in [1.29, 1.82) is 0 Å². The second-order valence-electron chi connectivity index (χ2n) is 3.67. The molecular weight excluding hydrogens is 228 g/mol. The summed E-state index contributed by atoms with van der Waals surface area (Å²) in [5.74, 6) is 1.14. The van der Waals surface area contributed by atoms with E-state index in [9.17, 15) is 4.79 Å². The van der Waals surface area contributed by atoms with Gasteiger partial charge in [0.2, 0.25) is 0 Å². The van der Waals surface area contributed by atoms with Gasteiger partial charge >= 0.3 is 0 Å². The van der Waals surface area contributed by atoms with Crippen molar-refractivity contribution in [3.63, 3.8) is 0 Å². The zero-order chi connectivity index (χ0) is 11.1. The number of halogens is 1. The summed E-state index contributed by atoms with van der Waals surface area (Å²) in [7, 11) is 0. The Morgan fingerprint density at radius 3 is 2.69 bits per heavy atom. The minimum Gasteiger partial charge on any atom is -0.458 e. The van der Waals surface area contributed by atoms with E-state index in [4.69, 9.17) is 15.9 Å². The fraction of sp³-hybridized carbons (Fsp3) is 0.545. The molecule has 0 aliphatic rings. The van der Waals surface area contributed by atoms with Gasteiger partial charge in [-0.1, -0.05) is 6.42 Å². The summed E-state index contributed by atoms with van der Waals surface area (Å²) in [4.78, 5) is 10.4. The van der Waals surface area contributed by atoms with E-state index in [1.807, 2.05) is 0 Å². The zero-order valence-corrected chi connectivity index (χ0v) is 10.0. The normalized spacial score (nSPS) is 11.9. The second-order valence-corrected chi connectivity index (χ2v) is 3.67. The Morgan fingerprint density at radius 2 is 2.12 bits per heavy atom. The lowest BCUT2D eigenvalue weighted by Gasteiger charge is -2.08. The van der Waals surface area contributed by atoms with Gasteiger partial charge in [-0.25, -0.2) is 0 Å². The molecule has 1 rings (SSSR count). The van der Waals surface area contributed by atoms with Crippen molar-refractivity contribution >= 4 is 18.7 Å². The van der Waals surface area contributed by atoms with E-state index < -0.39 is 0 Å². The molecule has 0 aromatic carbocycles. The van der Waals surface area contributed by atoms with Crippen molar-refractivity contribution in [2.24, 2.45) is 11.5 Å². The molecule has 0 fully saturated rings. The van der Waals surface area contributed by atoms with Gasteiger partial charge < -0.3 is 15.9 Å². The van der Waals surface area contributed by atoms with Crippen LogP contribution >= 0.6 is 12.4 Å². The first-order valence-electron chi connectivity index (χ1n) is 5.25. The third kappa shape index (κ3) is 5.30. The molecule has 0 aliphatic heterocycles. The summed E-state index contributed by atoms with van der Waals surface area (Å²) in [5, 5.41) is 0. The Labute approximate surface area is 102 Å². The van der Waals surface area contributed by atoms with Gasteiger partial charge in [-0.15, -0.1) is 12.4 Å². The number of carbonyl (C=O) groups is 1. The van der Waals surface area contributed by atoms with Crippen molar-refractivity contribution in [2.75, 3.05) is 6.54 Å². The van der Waals surface area contributed by atoms with E-state index in [-0.39, 0.29) is 18.4 Å². The molecule has 0 bridgehead atoms. The fourth-order valence-electron chi connectivity index (χ4n) is 1.48. The highest BCUT2D eigenvalue weighted by Gasteiger charge is 2.07. The van der Waals surface area contributed by atoms with Crippen LogP contribution in [0.2, 0.25) is 0 Å². The fourth-order valence-corrected chi connectivity index (χ4v) is 1.48. The third-order valence-corrected chi connectivity index (χ3v) is 2.29. The van der Waals surface area contributed by atoms with Crippen LogP contribution in [0.15, 0.2) is 16.5 Å². The molecule has 0 spiro atoms. The molecule has 4 nitrogen and oxygen atoms in total. The van der Waals surface area contributed by atoms with Crippen LogP contribution in [0.5, 0.6) is 0 Å². The van der Waals surface area contributed by atoms with Gasteiger partial charge in [-0.3, -0.25) is 4.79 Å². The van der Waals surface area contributed by atoms with Crippen LogP contribution in [-0.2, 0) is 6.42 Å². The Balaban J connectivity index is 0.00000225. The summed E-state index contributed by atoms with van der Waals surface area (Å²) < 4.78 is 5.24. The lowest BCUT2D eigenvalue weighted by atomic mass is 10.1. The SMILES string of the molecule is Cl.NCCCCC(N)Cc1ccc(C=O)o1. The van der Waals surface area contributed by atoms with Gasteiger partial charge in [0, 0.05) is 12.5 Å². The summed E-state index contributed by atoms with van der Waals surface area (Å²) in [6.45, 7) is 0.711. The first kappa shape index (κ1) is 15.2. The Bertz CT molecular complexity index is 302. The first-order chi connectivity index (χ1) is 7.26. The van der Waals surface area contributed by atoms with Crippen LogP contribution in [0, 0.1) is 0 Å². The molecule has 0 aliphatic carbocycles. The van der Waals surface area contributed by atoms with E-state index in [1.54, 1.807) is 12.1 Å². The Morgan fingerprint density at radius 1 is 1.38 bits per heavy atom. The summed E-state index contributed by atoms with van der Waals surface area (Å²) in [5.41, 5.74) is 11.3. The summed E-state index contributed by atoms with van der Waals surface area (Å²) in [6, 6.07) is 3.55. The van der Waals surface area contributed by atoms with Gasteiger partial charge in [-0.05, 0) is 31.5 Å². The van der Waals surface area contributed by atoms with Crippen LogP contribution < -0.4 is 11.5 Å². The Hall–Kier alpha value is -0.840. The monoisotopic (exact) mass is 246 g/mol. The van der Waals surface area contributed by atoms with Gasteiger partial charge in [0.25, 0.3) is 0 Å². The molecule has 1 unspecified atom stereocenters. The van der Waals surface area contributed by atoms with Crippen LogP contribution in [0.4, 0.5) is 0 Å². The highest BCUT2D eigenvalue weighted by atomic mass is 35.5. The number of nitrogens with two attached hydrogens (primary N) is 2. The van der Waals surface area contributed by atoms with Crippen LogP contribution in [0.3, 0.4) is 0 Å². The number of hydrogen-bond donors (Lipinski definition) is 2. The topological polar surface area (TPSA) is 82.2 Å². The average molecular weight is 247 g/mol. The standard InChI is InChI=1S/C11H18N2O2.ClH/c12-6-2-1-3-9(13)7-10-4-5-11(8-14)15-10;/h4-5,8-9H,1-3,6-7,12-13H2;1H. The van der Waals surface area contributed by atoms with E-state index in [0.29, 0.717) is 25.0 Å². The lowest BCUT2D eigenvalue weighted by Crippen LogP contribution is -2.22. The van der Waals surface area contributed by atoms with E-state index in [1.165, 1.54) is 0 Å². The van der Waals surface area contributed by atoms with Crippen molar-refractivity contribution < 1.29 is 9.21 Å². The predicted octanol–water partition coefficient (Wildman–Crippen LogP) is 1.51. The number of carbonyl (C=O) groups excluding carboxylic acids is 1. The van der Waals surface area contributed by atoms with Crippen molar-refractivity contribution in [1.82, 2.24) is 0 Å². The lowest BCUT2D eigenvalue weighted by molar-refractivity contribution is 0.109. The molecule has 0 radical (unpaired) electrons. The molecule has 0 amide bonds. The first-order valence-corrected chi connectivity index (χ1v) is 5.25. The molecule has 16 heavy (non-hydrogen) atoms. The van der Waals surface area contributed by atoms with Crippen molar-refractivity contribution in [3.05, 3.63) is 23.7 Å². The van der Waals surface area contributed by atoms with Crippen LogP contribution in [-0.4, -0.2) is 18.9 Å². The largest absolute Gasteiger partial charge is 0.458 e. The highest BCUT2D eigenvalue weighted by Crippen LogP contribution is 2.10. The van der Waals surface area contributed by atoms with E-state index in [0.717, 1.165) is 25.0 Å². The molecule has 0 saturated heterocycles. The third-order valence-electron chi connectivity index (χ3n) is 2.29. The predicted molar refractivity (Wildman–Crippen MR) is 65.9 cm³/mol. The smallest absolute Gasteiger partial charge is 0.185 e. The number of unbranched alkanes of at least 4 members (excludes halogenated alkanes) is 1. The summed E-state index contributed by atoms with van der Waals surface area (Å²) >= 11 is 0. The molecular formula is C11H19ClN2O2. The molecule has 1 atom stereocenters. The van der Waals surface area contributed by atoms with Gasteiger partial charge in [-0.2, -0.15) is 0 Å². The van der Waals surface area contributed by atoms with Gasteiger partial charge in [0.15, 0.2) is 12.0 Å². The number of rotatable bonds is 7. The molecule has 4 N–H and O–H groups in total. The van der Waals surface area contributed by atoms with Crippen molar-refractivity contribution in [2.45, 2.75) is 31.7 Å². The molecule has 1 aromatic rings.